The molecule has 33 heavy (non-hydrogen) atoms. The Kier molecular flexibility index (Phi) is 6.83. The number of hydrogen-bond acceptors (Lipinski definition) is 7. The number of aromatic nitrogens is 4. The minimum Gasteiger partial charge on any atom is -0.467 e. The quantitative estimate of drug-likeness (QED) is 0.565. The van der Waals surface area contributed by atoms with Crippen LogP contribution in [0.4, 0.5) is 5.82 Å². The van der Waals surface area contributed by atoms with Crippen LogP contribution in [0.5, 0.6) is 0 Å². The fourth-order valence-corrected chi connectivity index (χ4v) is 4.01. The molecule has 2 amide bonds. The van der Waals surface area contributed by atoms with Crippen molar-refractivity contribution in [2.24, 2.45) is 5.92 Å². The van der Waals surface area contributed by atoms with E-state index in [9.17, 15) is 9.59 Å². The second kappa shape index (κ2) is 9.95. The van der Waals surface area contributed by atoms with Crippen LogP contribution in [0.3, 0.4) is 0 Å². The highest BCUT2D eigenvalue weighted by atomic mass is 16.3. The van der Waals surface area contributed by atoms with Crippen LogP contribution in [0, 0.1) is 26.7 Å². The summed E-state index contributed by atoms with van der Waals surface area (Å²) in [6.45, 7) is 7.66. The molecule has 0 aromatic carbocycles. The van der Waals surface area contributed by atoms with Crippen molar-refractivity contribution < 1.29 is 14.0 Å². The molecule has 4 rings (SSSR count). The molecule has 1 aliphatic heterocycles. The van der Waals surface area contributed by atoms with E-state index in [2.05, 4.69) is 30.6 Å². The van der Waals surface area contributed by atoms with E-state index in [4.69, 9.17) is 4.42 Å². The summed E-state index contributed by atoms with van der Waals surface area (Å²) < 4.78 is 6.81. The summed E-state index contributed by atoms with van der Waals surface area (Å²) in [7, 11) is 0. The van der Waals surface area contributed by atoms with Gasteiger partial charge < -0.3 is 15.1 Å². The van der Waals surface area contributed by atoms with Crippen LogP contribution < -0.4 is 10.6 Å². The summed E-state index contributed by atoms with van der Waals surface area (Å²) in [4.78, 5) is 36.1. The number of anilines is 1. The number of furan rings is 1. The van der Waals surface area contributed by atoms with Gasteiger partial charge in [-0.3, -0.25) is 14.5 Å². The molecule has 174 valence electrons. The van der Waals surface area contributed by atoms with Crippen molar-refractivity contribution >= 4 is 17.6 Å². The van der Waals surface area contributed by atoms with E-state index >= 15 is 0 Å². The van der Waals surface area contributed by atoms with E-state index in [1.165, 1.54) is 0 Å². The molecule has 2 N–H and O–H groups in total. The molecule has 0 radical (unpaired) electrons. The molecule has 0 spiro atoms. The molecule has 10 heteroatoms. The first kappa shape index (κ1) is 22.7. The summed E-state index contributed by atoms with van der Waals surface area (Å²) in [5.41, 5.74) is 2.42. The van der Waals surface area contributed by atoms with Crippen LogP contribution in [0.25, 0.3) is 5.95 Å². The van der Waals surface area contributed by atoms with Gasteiger partial charge >= 0.3 is 0 Å². The second-order valence-corrected chi connectivity index (χ2v) is 8.43. The maximum atomic E-state index is 12.7. The van der Waals surface area contributed by atoms with Gasteiger partial charge in [0.1, 0.15) is 11.6 Å². The molecule has 0 aliphatic carbocycles. The first-order valence-electron chi connectivity index (χ1n) is 11.1. The van der Waals surface area contributed by atoms with Gasteiger partial charge in [0.05, 0.1) is 25.0 Å². The smallest absolute Gasteiger partial charge is 0.252 e. The molecule has 3 aromatic rings. The number of carbonyl (C=O) groups excluding carboxylic acids is 2. The Hall–Kier alpha value is -3.53. The zero-order valence-electron chi connectivity index (χ0n) is 19.2. The number of carbonyl (C=O) groups is 2. The van der Waals surface area contributed by atoms with Crippen LogP contribution in [-0.4, -0.2) is 56.1 Å². The van der Waals surface area contributed by atoms with Gasteiger partial charge in [0.15, 0.2) is 0 Å². The van der Waals surface area contributed by atoms with Crippen LogP contribution in [0.15, 0.2) is 34.9 Å². The molecule has 0 unspecified atom stereocenters. The fourth-order valence-electron chi connectivity index (χ4n) is 4.01. The van der Waals surface area contributed by atoms with Crippen molar-refractivity contribution in [2.45, 2.75) is 40.2 Å². The standard InChI is InChI=1S/C23H29N7O3/c1-15-11-16(2)26-23(25-15)30-20(12-17(3)28-30)27-21(31)14-29-8-6-18(7-9-29)22(32)24-13-19-5-4-10-33-19/h4-5,10-12,18H,6-9,13-14H2,1-3H3,(H,24,32)(H,27,31). The molecular formula is C23H29N7O3. The number of amides is 2. The zero-order valence-corrected chi connectivity index (χ0v) is 19.2. The lowest BCUT2D eigenvalue weighted by Crippen LogP contribution is -2.43. The molecule has 3 aromatic heterocycles. The van der Waals surface area contributed by atoms with Gasteiger partial charge in [-0.05, 0) is 64.9 Å². The molecule has 1 fully saturated rings. The van der Waals surface area contributed by atoms with Crippen LogP contribution >= 0.6 is 0 Å². The summed E-state index contributed by atoms with van der Waals surface area (Å²) in [5, 5.41) is 10.3. The van der Waals surface area contributed by atoms with Crippen molar-refractivity contribution in [3.63, 3.8) is 0 Å². The van der Waals surface area contributed by atoms with E-state index < -0.39 is 0 Å². The molecule has 0 bridgehead atoms. The van der Waals surface area contributed by atoms with Gasteiger partial charge in [0.25, 0.3) is 5.95 Å². The Morgan fingerprint density at radius 3 is 2.48 bits per heavy atom. The number of nitrogens with zero attached hydrogens (tertiary/aromatic N) is 5. The first-order chi connectivity index (χ1) is 15.9. The van der Waals surface area contributed by atoms with Crippen molar-refractivity contribution in [1.82, 2.24) is 30.0 Å². The lowest BCUT2D eigenvalue weighted by atomic mass is 9.96. The largest absolute Gasteiger partial charge is 0.467 e. The minimum atomic E-state index is -0.138. The predicted octanol–water partition coefficient (Wildman–Crippen LogP) is 2.15. The van der Waals surface area contributed by atoms with Gasteiger partial charge in [-0.25, -0.2) is 9.97 Å². The van der Waals surface area contributed by atoms with E-state index in [1.54, 1.807) is 23.1 Å². The minimum absolute atomic E-state index is 0.0309. The molecule has 1 saturated heterocycles. The summed E-state index contributed by atoms with van der Waals surface area (Å²) in [6, 6.07) is 7.32. The van der Waals surface area contributed by atoms with E-state index in [0.29, 0.717) is 44.2 Å². The lowest BCUT2D eigenvalue weighted by molar-refractivity contribution is -0.126. The maximum Gasteiger partial charge on any atom is 0.252 e. The Morgan fingerprint density at radius 1 is 1.09 bits per heavy atom. The van der Waals surface area contributed by atoms with Crippen molar-refractivity contribution in [2.75, 3.05) is 25.0 Å². The van der Waals surface area contributed by atoms with Gasteiger partial charge in [-0.15, -0.1) is 0 Å². The van der Waals surface area contributed by atoms with Crippen molar-refractivity contribution in [3.05, 3.63) is 53.4 Å². The number of hydrogen-bond donors (Lipinski definition) is 2. The number of aryl methyl sites for hydroxylation is 3. The van der Waals surface area contributed by atoms with Gasteiger partial charge in [-0.2, -0.15) is 9.78 Å². The van der Waals surface area contributed by atoms with Crippen LogP contribution in [0.2, 0.25) is 0 Å². The summed E-state index contributed by atoms with van der Waals surface area (Å²) in [6.07, 6.45) is 3.02. The average molecular weight is 452 g/mol. The molecule has 10 nitrogen and oxygen atoms in total. The fraction of sp³-hybridized carbons (Fsp3) is 0.435. The Bertz CT molecular complexity index is 1100. The first-order valence-corrected chi connectivity index (χ1v) is 11.1. The lowest BCUT2D eigenvalue weighted by Gasteiger charge is -2.30. The SMILES string of the molecule is Cc1cc(C)nc(-n2nc(C)cc2NC(=O)CN2CCC(C(=O)NCc3ccco3)CC2)n1. The third kappa shape index (κ3) is 5.83. The Balaban J connectivity index is 1.29. The van der Waals surface area contributed by atoms with Crippen molar-refractivity contribution in [3.8, 4) is 5.95 Å². The number of rotatable bonds is 7. The van der Waals surface area contributed by atoms with Crippen LogP contribution in [0.1, 0.15) is 35.7 Å². The van der Waals surface area contributed by atoms with Gasteiger partial charge in [-0.1, -0.05) is 0 Å². The highest BCUT2D eigenvalue weighted by Crippen LogP contribution is 2.19. The second-order valence-electron chi connectivity index (χ2n) is 8.43. The van der Waals surface area contributed by atoms with E-state index in [0.717, 1.165) is 22.8 Å². The third-order valence-electron chi connectivity index (χ3n) is 5.60. The van der Waals surface area contributed by atoms with E-state index in [1.807, 2.05) is 32.9 Å². The topological polar surface area (TPSA) is 118 Å². The van der Waals surface area contributed by atoms with Gasteiger partial charge in [0, 0.05) is 23.4 Å². The molecule has 0 atom stereocenters. The Morgan fingerprint density at radius 2 is 1.82 bits per heavy atom. The monoisotopic (exact) mass is 451 g/mol. The number of likely N-dealkylation sites (tertiary alicyclic amines) is 1. The summed E-state index contributed by atoms with van der Waals surface area (Å²) >= 11 is 0. The molecule has 0 saturated carbocycles. The van der Waals surface area contributed by atoms with Gasteiger partial charge in [0.2, 0.25) is 11.8 Å². The molecular weight excluding hydrogens is 422 g/mol. The summed E-state index contributed by atoms with van der Waals surface area (Å²) in [5.74, 6) is 1.54. The number of piperidine rings is 1. The highest BCUT2D eigenvalue weighted by Gasteiger charge is 2.26. The average Bonchev–Trinajstić information content (AvgIpc) is 3.41. The van der Waals surface area contributed by atoms with Crippen LogP contribution in [-0.2, 0) is 16.1 Å². The molecule has 1 aliphatic rings. The zero-order chi connectivity index (χ0) is 23.4. The highest BCUT2D eigenvalue weighted by molar-refractivity contribution is 5.91. The third-order valence-corrected chi connectivity index (χ3v) is 5.60. The number of nitrogens with one attached hydrogen (secondary N) is 2. The van der Waals surface area contributed by atoms with E-state index in [-0.39, 0.29) is 24.3 Å². The maximum absolute atomic E-state index is 12.7. The predicted molar refractivity (Wildman–Crippen MR) is 122 cm³/mol. The Labute approximate surface area is 192 Å². The molecule has 4 heterocycles. The normalized spacial score (nSPS) is 14.9. The van der Waals surface area contributed by atoms with Crippen molar-refractivity contribution in [1.29, 1.82) is 0 Å².